The lowest BCUT2D eigenvalue weighted by molar-refractivity contribution is 0.787. The topological polar surface area (TPSA) is 93.4 Å². The standard InChI is InChI=1S/C9H8N6S/c1-15-5-12-14-9(15)16-8-3-2-6(11)7(4-10)13-8/h2-3,5H,11H2,1H3. The van der Waals surface area contributed by atoms with Crippen molar-refractivity contribution in [2.45, 2.75) is 10.2 Å². The van der Waals surface area contributed by atoms with Gasteiger partial charge in [-0.2, -0.15) is 5.26 Å². The van der Waals surface area contributed by atoms with Gasteiger partial charge in [0.25, 0.3) is 0 Å². The van der Waals surface area contributed by atoms with Gasteiger partial charge in [-0.3, -0.25) is 0 Å². The summed E-state index contributed by atoms with van der Waals surface area (Å²) in [6, 6.07) is 5.34. The summed E-state index contributed by atoms with van der Waals surface area (Å²) in [5.41, 5.74) is 6.18. The monoisotopic (exact) mass is 232 g/mol. The van der Waals surface area contributed by atoms with Crippen molar-refractivity contribution < 1.29 is 0 Å². The van der Waals surface area contributed by atoms with Crippen LogP contribution in [0, 0.1) is 11.3 Å². The summed E-state index contributed by atoms with van der Waals surface area (Å²) in [5.74, 6) is 0. The molecule has 0 amide bonds. The van der Waals surface area contributed by atoms with Crippen molar-refractivity contribution in [3.05, 3.63) is 24.2 Å². The minimum Gasteiger partial charge on any atom is -0.396 e. The van der Waals surface area contributed by atoms with E-state index in [0.717, 1.165) is 0 Å². The highest BCUT2D eigenvalue weighted by Crippen LogP contribution is 2.24. The van der Waals surface area contributed by atoms with Crippen molar-refractivity contribution in [1.82, 2.24) is 19.7 Å². The Balaban J connectivity index is 2.30. The highest BCUT2D eigenvalue weighted by molar-refractivity contribution is 7.99. The number of pyridine rings is 1. The van der Waals surface area contributed by atoms with E-state index in [-0.39, 0.29) is 5.69 Å². The highest BCUT2D eigenvalue weighted by Gasteiger charge is 2.07. The summed E-state index contributed by atoms with van der Waals surface area (Å²) in [5, 5.41) is 17.8. The van der Waals surface area contributed by atoms with Crippen LogP contribution in [0.5, 0.6) is 0 Å². The molecule has 0 aliphatic heterocycles. The molecule has 0 unspecified atom stereocenters. The Morgan fingerprint density at radius 1 is 1.50 bits per heavy atom. The maximum Gasteiger partial charge on any atom is 0.197 e. The molecule has 0 atom stereocenters. The van der Waals surface area contributed by atoms with Crippen molar-refractivity contribution >= 4 is 17.4 Å². The van der Waals surface area contributed by atoms with Crippen LogP contribution in [0.1, 0.15) is 5.69 Å². The second kappa shape index (κ2) is 4.20. The second-order valence-corrected chi connectivity index (χ2v) is 4.01. The van der Waals surface area contributed by atoms with Gasteiger partial charge in [-0.25, -0.2) is 4.98 Å². The smallest absolute Gasteiger partial charge is 0.197 e. The predicted octanol–water partition coefficient (Wildman–Crippen LogP) is 0.815. The first-order valence-corrected chi connectivity index (χ1v) is 5.21. The first-order valence-electron chi connectivity index (χ1n) is 4.39. The van der Waals surface area contributed by atoms with Gasteiger partial charge in [0.2, 0.25) is 0 Å². The lowest BCUT2D eigenvalue weighted by Crippen LogP contribution is -1.95. The fourth-order valence-corrected chi connectivity index (χ4v) is 1.80. The van der Waals surface area contributed by atoms with Crippen LogP contribution in [0.15, 0.2) is 28.6 Å². The number of anilines is 1. The van der Waals surface area contributed by atoms with E-state index in [9.17, 15) is 0 Å². The molecule has 80 valence electrons. The van der Waals surface area contributed by atoms with Gasteiger partial charge in [0.15, 0.2) is 10.9 Å². The number of nitriles is 1. The Labute approximate surface area is 96.1 Å². The Bertz CT molecular complexity index is 555. The molecule has 0 aliphatic rings. The number of nitrogens with zero attached hydrogens (tertiary/aromatic N) is 5. The number of aromatic nitrogens is 4. The van der Waals surface area contributed by atoms with E-state index in [4.69, 9.17) is 11.0 Å². The number of aryl methyl sites for hydroxylation is 1. The third-order valence-electron chi connectivity index (χ3n) is 1.87. The molecule has 0 fully saturated rings. The van der Waals surface area contributed by atoms with Gasteiger partial charge in [0.05, 0.1) is 5.69 Å². The van der Waals surface area contributed by atoms with E-state index < -0.39 is 0 Å². The lowest BCUT2D eigenvalue weighted by atomic mass is 10.3. The van der Waals surface area contributed by atoms with Crippen LogP contribution in [0.4, 0.5) is 5.69 Å². The Morgan fingerprint density at radius 2 is 2.31 bits per heavy atom. The molecule has 0 aromatic carbocycles. The molecule has 7 heteroatoms. The third-order valence-corrected chi connectivity index (χ3v) is 2.86. The van der Waals surface area contributed by atoms with Crippen molar-refractivity contribution in [2.75, 3.05) is 5.73 Å². The molecule has 2 aromatic rings. The zero-order valence-corrected chi connectivity index (χ0v) is 9.27. The van der Waals surface area contributed by atoms with Gasteiger partial charge in [-0.1, -0.05) is 0 Å². The lowest BCUT2D eigenvalue weighted by Gasteiger charge is -2.01. The zero-order valence-electron chi connectivity index (χ0n) is 8.45. The first kappa shape index (κ1) is 10.4. The van der Waals surface area contributed by atoms with Gasteiger partial charge in [0.1, 0.15) is 17.4 Å². The van der Waals surface area contributed by atoms with Crippen LogP contribution < -0.4 is 5.73 Å². The molecule has 2 N–H and O–H groups in total. The van der Waals surface area contributed by atoms with E-state index in [2.05, 4.69) is 15.2 Å². The van der Waals surface area contributed by atoms with Crippen LogP contribution in [0.25, 0.3) is 0 Å². The minimum absolute atomic E-state index is 0.229. The summed E-state index contributed by atoms with van der Waals surface area (Å²) in [4.78, 5) is 4.10. The minimum atomic E-state index is 0.229. The quantitative estimate of drug-likeness (QED) is 0.823. The average molecular weight is 232 g/mol. The van der Waals surface area contributed by atoms with Gasteiger partial charge < -0.3 is 10.3 Å². The molecule has 0 spiro atoms. The number of hydrogen-bond donors (Lipinski definition) is 1. The maximum atomic E-state index is 8.79. The largest absolute Gasteiger partial charge is 0.396 e. The normalized spacial score (nSPS) is 10.0. The molecule has 0 saturated heterocycles. The summed E-state index contributed by atoms with van der Waals surface area (Å²) in [6.07, 6.45) is 1.60. The van der Waals surface area contributed by atoms with Crippen LogP contribution in [0.2, 0.25) is 0 Å². The van der Waals surface area contributed by atoms with Crippen LogP contribution in [-0.2, 0) is 7.05 Å². The van der Waals surface area contributed by atoms with Gasteiger partial charge in [0, 0.05) is 7.05 Å². The molecule has 6 nitrogen and oxygen atoms in total. The van der Waals surface area contributed by atoms with E-state index >= 15 is 0 Å². The molecule has 2 heterocycles. The molecule has 0 saturated carbocycles. The molecule has 2 aromatic heterocycles. The Kier molecular flexibility index (Phi) is 2.74. The van der Waals surface area contributed by atoms with Gasteiger partial charge >= 0.3 is 0 Å². The second-order valence-electron chi connectivity index (χ2n) is 3.03. The fraction of sp³-hybridized carbons (Fsp3) is 0.111. The number of nitrogens with two attached hydrogens (primary N) is 1. The van der Waals surface area contributed by atoms with E-state index in [0.29, 0.717) is 15.9 Å². The van der Waals surface area contributed by atoms with E-state index in [1.807, 2.05) is 13.1 Å². The van der Waals surface area contributed by atoms with Crippen molar-refractivity contribution in [3.63, 3.8) is 0 Å². The predicted molar refractivity (Wildman–Crippen MR) is 58.5 cm³/mol. The molecule has 0 radical (unpaired) electrons. The molecular formula is C9H8N6S. The van der Waals surface area contributed by atoms with Crippen LogP contribution in [-0.4, -0.2) is 19.7 Å². The molecule has 16 heavy (non-hydrogen) atoms. The molecule has 0 aliphatic carbocycles. The number of rotatable bonds is 2. The zero-order chi connectivity index (χ0) is 11.5. The average Bonchev–Trinajstić information content (AvgIpc) is 2.67. The highest BCUT2D eigenvalue weighted by atomic mass is 32.2. The summed E-state index contributed by atoms with van der Waals surface area (Å²) in [7, 11) is 1.84. The van der Waals surface area contributed by atoms with Gasteiger partial charge in [-0.15, -0.1) is 10.2 Å². The third kappa shape index (κ3) is 1.97. The van der Waals surface area contributed by atoms with Crippen molar-refractivity contribution in [3.8, 4) is 6.07 Å². The van der Waals surface area contributed by atoms with E-state index in [1.54, 1.807) is 23.0 Å². The maximum absolute atomic E-state index is 8.79. The number of nitrogen functional groups attached to an aromatic ring is 1. The SMILES string of the molecule is Cn1cnnc1Sc1ccc(N)c(C#N)n1. The van der Waals surface area contributed by atoms with E-state index in [1.165, 1.54) is 11.8 Å². The molecule has 0 bridgehead atoms. The number of hydrogen-bond acceptors (Lipinski definition) is 6. The Hall–Kier alpha value is -2.07. The Morgan fingerprint density at radius 3 is 2.94 bits per heavy atom. The first-order chi connectivity index (χ1) is 7.70. The van der Waals surface area contributed by atoms with Crippen LogP contribution in [0.3, 0.4) is 0 Å². The van der Waals surface area contributed by atoms with Crippen molar-refractivity contribution in [1.29, 1.82) is 5.26 Å². The summed E-state index contributed by atoms with van der Waals surface area (Å²) >= 11 is 1.33. The fourth-order valence-electron chi connectivity index (χ4n) is 1.06. The summed E-state index contributed by atoms with van der Waals surface area (Å²) in [6.45, 7) is 0. The summed E-state index contributed by atoms with van der Waals surface area (Å²) < 4.78 is 1.77. The van der Waals surface area contributed by atoms with Crippen molar-refractivity contribution in [2.24, 2.45) is 7.05 Å². The van der Waals surface area contributed by atoms with Gasteiger partial charge in [-0.05, 0) is 23.9 Å². The molecular weight excluding hydrogens is 224 g/mol. The van der Waals surface area contributed by atoms with Crippen LogP contribution >= 0.6 is 11.8 Å². The molecule has 2 rings (SSSR count).